The van der Waals surface area contributed by atoms with Gasteiger partial charge in [-0.1, -0.05) is 0 Å². The third kappa shape index (κ3) is 4.86. The Morgan fingerprint density at radius 3 is 2.65 bits per heavy atom. The molecule has 0 saturated heterocycles. The number of nitrogens with zero attached hydrogens (tertiary/aromatic N) is 3. The monoisotopic (exact) mass is 359 g/mol. The Morgan fingerprint density at radius 2 is 2.04 bits per heavy atom. The predicted molar refractivity (Wildman–Crippen MR) is 82.6 cm³/mol. The Balaban J connectivity index is 2.15. The molecule has 23 heavy (non-hydrogen) atoms. The molecule has 0 aromatic carbocycles. The van der Waals surface area contributed by atoms with E-state index in [1.807, 2.05) is 16.8 Å². The van der Waals surface area contributed by atoms with Crippen LogP contribution in [0.25, 0.3) is 0 Å². The molecule has 0 bridgehead atoms. The van der Waals surface area contributed by atoms with Crippen LogP contribution in [0, 0.1) is 27.2 Å². The van der Waals surface area contributed by atoms with E-state index >= 15 is 0 Å². The summed E-state index contributed by atoms with van der Waals surface area (Å²) in [5, 5.41) is 23.4. The second-order valence-corrected chi connectivity index (χ2v) is 6.39. The lowest BCUT2D eigenvalue weighted by Crippen LogP contribution is -2.12. The molecular formula is C12H13N3O6S2. The zero-order valence-electron chi connectivity index (χ0n) is 12.0. The number of aromatic nitrogens is 1. The van der Waals surface area contributed by atoms with Gasteiger partial charge in [-0.15, -0.1) is 31.6 Å². The van der Waals surface area contributed by atoms with E-state index in [2.05, 4.69) is 14.7 Å². The molecule has 2 aromatic heterocycles. The van der Waals surface area contributed by atoms with Crippen LogP contribution in [0.5, 0.6) is 0 Å². The van der Waals surface area contributed by atoms with Crippen LogP contribution in [-0.2, 0) is 16.1 Å². The fourth-order valence-corrected chi connectivity index (χ4v) is 3.84. The van der Waals surface area contributed by atoms with E-state index in [4.69, 9.17) is 0 Å². The fraction of sp³-hybridized carbons (Fsp3) is 0.417. The van der Waals surface area contributed by atoms with Crippen molar-refractivity contribution < 1.29 is 19.8 Å². The third-order valence-electron chi connectivity index (χ3n) is 3.03. The molecule has 0 N–H and O–H groups in total. The molecular weight excluding hydrogens is 346 g/mol. The molecule has 0 radical (unpaired) electrons. The van der Waals surface area contributed by atoms with E-state index in [1.54, 1.807) is 6.92 Å². The normalized spacial score (nSPS) is 11.9. The zero-order valence-corrected chi connectivity index (χ0v) is 13.7. The molecule has 0 aliphatic carbocycles. The molecule has 0 aliphatic heterocycles. The Kier molecular flexibility index (Phi) is 5.82. The first kappa shape index (κ1) is 17.1. The summed E-state index contributed by atoms with van der Waals surface area (Å²) in [6.07, 6.45) is 0.358. The van der Waals surface area contributed by atoms with Gasteiger partial charge in [-0.2, -0.15) is 11.3 Å². The van der Waals surface area contributed by atoms with Crippen LogP contribution in [0.1, 0.15) is 27.1 Å². The van der Waals surface area contributed by atoms with E-state index in [-0.39, 0.29) is 19.1 Å². The lowest BCUT2D eigenvalue weighted by atomic mass is 10.0. The number of aryl methyl sites for hydroxylation is 1. The van der Waals surface area contributed by atoms with Gasteiger partial charge in [0.05, 0.1) is 11.6 Å². The van der Waals surface area contributed by atoms with E-state index in [1.165, 1.54) is 22.7 Å². The highest BCUT2D eigenvalue weighted by atomic mass is 32.1. The van der Waals surface area contributed by atoms with Crippen LogP contribution in [0.3, 0.4) is 0 Å². The molecule has 0 saturated carbocycles. The fourth-order valence-electron chi connectivity index (χ4n) is 1.96. The molecule has 2 aromatic rings. The zero-order chi connectivity index (χ0) is 16.8. The standard InChI is InChI=1S/C12H13N3O6S2/c1-8-11(2-4-20-14(16)17)23-12(13-8)10(6-21-15(18)19)9-3-5-22-7-9/h3,5,7,10H,2,4,6H2,1H3. The summed E-state index contributed by atoms with van der Waals surface area (Å²) in [4.78, 5) is 34.8. The van der Waals surface area contributed by atoms with Gasteiger partial charge < -0.3 is 9.68 Å². The quantitative estimate of drug-likeness (QED) is 0.499. The lowest BCUT2D eigenvalue weighted by molar-refractivity contribution is -0.758. The van der Waals surface area contributed by atoms with Crippen molar-refractivity contribution in [2.45, 2.75) is 19.3 Å². The van der Waals surface area contributed by atoms with Gasteiger partial charge in [-0.25, -0.2) is 4.98 Å². The van der Waals surface area contributed by atoms with Crippen molar-refractivity contribution in [2.24, 2.45) is 0 Å². The van der Waals surface area contributed by atoms with Crippen molar-refractivity contribution in [3.8, 4) is 0 Å². The van der Waals surface area contributed by atoms with Crippen molar-refractivity contribution in [1.82, 2.24) is 4.98 Å². The van der Waals surface area contributed by atoms with Crippen molar-refractivity contribution in [2.75, 3.05) is 13.2 Å². The van der Waals surface area contributed by atoms with E-state index in [0.717, 1.165) is 16.1 Å². The average molecular weight is 359 g/mol. The summed E-state index contributed by atoms with van der Waals surface area (Å²) in [5.74, 6) is -0.347. The first-order valence-corrected chi connectivity index (χ1v) is 8.26. The number of thiophene rings is 1. The van der Waals surface area contributed by atoms with Gasteiger partial charge in [0.1, 0.15) is 18.2 Å². The number of thiazole rings is 1. The van der Waals surface area contributed by atoms with Crippen LogP contribution < -0.4 is 0 Å². The minimum absolute atomic E-state index is 0.0516. The van der Waals surface area contributed by atoms with Crippen LogP contribution in [0.15, 0.2) is 16.8 Å². The molecule has 0 fully saturated rings. The molecule has 124 valence electrons. The first-order valence-electron chi connectivity index (χ1n) is 6.50. The smallest absolute Gasteiger partial charge is 0.294 e. The van der Waals surface area contributed by atoms with Gasteiger partial charge in [-0.3, -0.25) is 0 Å². The molecule has 1 unspecified atom stereocenters. The van der Waals surface area contributed by atoms with Crippen molar-refractivity contribution in [3.05, 3.63) is 58.2 Å². The Morgan fingerprint density at radius 1 is 1.30 bits per heavy atom. The number of rotatable bonds is 9. The molecule has 2 heterocycles. The SMILES string of the molecule is Cc1nc(C(CO[N+](=O)[O-])c2ccsc2)sc1CCO[N+](=O)[O-]. The molecule has 9 nitrogen and oxygen atoms in total. The summed E-state index contributed by atoms with van der Waals surface area (Å²) >= 11 is 2.84. The van der Waals surface area contributed by atoms with Gasteiger partial charge in [0.15, 0.2) is 0 Å². The van der Waals surface area contributed by atoms with Crippen molar-refractivity contribution in [1.29, 1.82) is 0 Å². The van der Waals surface area contributed by atoms with Gasteiger partial charge in [0, 0.05) is 11.3 Å². The summed E-state index contributed by atoms with van der Waals surface area (Å²) < 4.78 is 0. The van der Waals surface area contributed by atoms with Gasteiger partial charge in [-0.05, 0) is 29.3 Å². The van der Waals surface area contributed by atoms with Crippen molar-refractivity contribution in [3.63, 3.8) is 0 Å². The maximum Gasteiger partial charge on any atom is 0.294 e. The van der Waals surface area contributed by atoms with Crippen LogP contribution >= 0.6 is 22.7 Å². The van der Waals surface area contributed by atoms with Crippen LogP contribution in [0.2, 0.25) is 0 Å². The highest BCUT2D eigenvalue weighted by molar-refractivity contribution is 7.12. The average Bonchev–Trinajstić information content (AvgIpc) is 3.10. The Labute approximate surface area is 138 Å². The molecule has 1 atom stereocenters. The Hall–Kier alpha value is -2.27. The van der Waals surface area contributed by atoms with Gasteiger partial charge >= 0.3 is 0 Å². The second kappa shape index (κ2) is 7.83. The van der Waals surface area contributed by atoms with E-state index < -0.39 is 10.2 Å². The highest BCUT2D eigenvalue weighted by Gasteiger charge is 2.22. The number of hydrogen-bond donors (Lipinski definition) is 0. The summed E-state index contributed by atoms with van der Waals surface area (Å²) in [6, 6.07) is 1.87. The van der Waals surface area contributed by atoms with E-state index in [0.29, 0.717) is 11.4 Å². The predicted octanol–water partition coefficient (Wildman–Crippen LogP) is 2.60. The van der Waals surface area contributed by atoms with E-state index in [9.17, 15) is 20.2 Å². The van der Waals surface area contributed by atoms with Crippen molar-refractivity contribution >= 4 is 22.7 Å². The minimum atomic E-state index is -0.837. The molecule has 0 amide bonds. The van der Waals surface area contributed by atoms with Gasteiger partial charge in [0.2, 0.25) is 0 Å². The van der Waals surface area contributed by atoms with Crippen LogP contribution in [0.4, 0.5) is 0 Å². The maximum absolute atomic E-state index is 10.5. The first-order chi connectivity index (χ1) is 11.0. The third-order valence-corrected chi connectivity index (χ3v) is 5.06. The molecule has 0 spiro atoms. The highest BCUT2D eigenvalue weighted by Crippen LogP contribution is 2.32. The topological polar surface area (TPSA) is 118 Å². The maximum atomic E-state index is 10.5. The summed E-state index contributed by atoms with van der Waals surface area (Å²) in [7, 11) is 0. The Bertz CT molecular complexity index is 672. The summed E-state index contributed by atoms with van der Waals surface area (Å²) in [5.41, 5.74) is 1.62. The van der Waals surface area contributed by atoms with Gasteiger partial charge in [0.25, 0.3) is 10.2 Å². The molecule has 2 rings (SSSR count). The molecule has 11 heteroatoms. The molecule has 0 aliphatic rings. The largest absolute Gasteiger partial charge is 0.314 e. The van der Waals surface area contributed by atoms with Crippen LogP contribution in [-0.4, -0.2) is 28.4 Å². The number of hydrogen-bond acceptors (Lipinski definition) is 9. The summed E-state index contributed by atoms with van der Waals surface area (Å²) in [6.45, 7) is 1.62. The second-order valence-electron chi connectivity index (χ2n) is 4.50. The minimum Gasteiger partial charge on any atom is -0.314 e. The lowest BCUT2D eigenvalue weighted by Gasteiger charge is -2.11.